The molecule has 0 aromatic heterocycles. The molecule has 1 aromatic rings. The van der Waals surface area contributed by atoms with Crippen LogP contribution < -0.4 is 9.47 Å². The topological polar surface area (TPSA) is 65.0 Å². The van der Waals surface area contributed by atoms with Crippen molar-refractivity contribution < 1.29 is 24.1 Å². The third-order valence-electron chi connectivity index (χ3n) is 3.68. The van der Waals surface area contributed by atoms with Gasteiger partial charge in [-0.25, -0.2) is 0 Å². The minimum absolute atomic E-state index is 0.446. The van der Waals surface area contributed by atoms with E-state index in [4.69, 9.17) is 14.2 Å². The molecule has 0 amide bonds. The molecular formula is C14H18O5. The first-order valence-electron chi connectivity index (χ1n) is 6.17. The molecule has 0 bridgehead atoms. The lowest BCUT2D eigenvalue weighted by Crippen LogP contribution is -2.41. The molecule has 5 nitrogen and oxygen atoms in total. The molecule has 0 saturated carbocycles. The first-order chi connectivity index (χ1) is 9.14. The van der Waals surface area contributed by atoms with Crippen LogP contribution >= 0.6 is 0 Å². The lowest BCUT2D eigenvalue weighted by molar-refractivity contribution is -0.147. The molecule has 0 unspecified atom stereocenters. The highest BCUT2D eigenvalue weighted by molar-refractivity contribution is 5.82. The van der Waals surface area contributed by atoms with Gasteiger partial charge in [0.15, 0.2) is 0 Å². The summed E-state index contributed by atoms with van der Waals surface area (Å²) in [6.07, 6.45) is 0.899. The second-order valence-corrected chi connectivity index (χ2v) is 4.57. The van der Waals surface area contributed by atoms with Gasteiger partial charge in [0.25, 0.3) is 0 Å². The molecule has 1 heterocycles. The first-order valence-corrected chi connectivity index (χ1v) is 6.17. The molecule has 1 aliphatic heterocycles. The monoisotopic (exact) mass is 266 g/mol. The largest absolute Gasteiger partial charge is 0.497 e. The van der Waals surface area contributed by atoms with Crippen molar-refractivity contribution in [3.63, 3.8) is 0 Å². The predicted molar refractivity (Wildman–Crippen MR) is 68.9 cm³/mol. The Morgan fingerprint density at radius 1 is 1.26 bits per heavy atom. The van der Waals surface area contributed by atoms with Gasteiger partial charge in [0.1, 0.15) is 16.9 Å². The van der Waals surface area contributed by atoms with Crippen LogP contribution in [-0.4, -0.2) is 38.5 Å². The minimum atomic E-state index is -0.935. The van der Waals surface area contributed by atoms with Gasteiger partial charge in [0.05, 0.1) is 14.2 Å². The SMILES string of the molecule is COc1ccc(C2(C(=O)O)CCOCC2)c(OC)c1. The van der Waals surface area contributed by atoms with Crippen molar-refractivity contribution in [2.24, 2.45) is 0 Å². The van der Waals surface area contributed by atoms with Crippen molar-refractivity contribution in [2.45, 2.75) is 18.3 Å². The Morgan fingerprint density at radius 2 is 1.95 bits per heavy atom. The summed E-state index contributed by atoms with van der Waals surface area (Å²) >= 11 is 0. The minimum Gasteiger partial charge on any atom is -0.497 e. The predicted octanol–water partition coefficient (Wildman–Crippen LogP) is 1.84. The molecule has 2 rings (SSSR count). The van der Waals surface area contributed by atoms with Crippen LogP contribution in [0.3, 0.4) is 0 Å². The molecule has 19 heavy (non-hydrogen) atoms. The van der Waals surface area contributed by atoms with E-state index in [0.717, 1.165) is 0 Å². The number of carbonyl (C=O) groups is 1. The second kappa shape index (κ2) is 5.48. The molecule has 1 N–H and O–H groups in total. The molecule has 1 fully saturated rings. The Balaban J connectivity index is 2.50. The van der Waals surface area contributed by atoms with E-state index in [1.165, 1.54) is 7.11 Å². The molecule has 1 saturated heterocycles. The molecule has 0 atom stereocenters. The number of benzene rings is 1. The highest BCUT2D eigenvalue weighted by Gasteiger charge is 2.43. The van der Waals surface area contributed by atoms with Crippen LogP contribution in [0.5, 0.6) is 11.5 Å². The smallest absolute Gasteiger partial charge is 0.314 e. The van der Waals surface area contributed by atoms with Gasteiger partial charge in [-0.1, -0.05) is 6.07 Å². The zero-order valence-corrected chi connectivity index (χ0v) is 11.1. The number of methoxy groups -OCH3 is 2. The van der Waals surface area contributed by atoms with Crippen LogP contribution in [0.15, 0.2) is 18.2 Å². The standard InChI is InChI=1S/C14H18O5/c1-17-10-3-4-11(12(9-10)18-2)14(13(15)16)5-7-19-8-6-14/h3-4,9H,5-8H2,1-2H3,(H,15,16). The summed E-state index contributed by atoms with van der Waals surface area (Å²) in [5.41, 5.74) is -0.248. The van der Waals surface area contributed by atoms with Gasteiger partial charge in [-0.05, 0) is 18.9 Å². The maximum atomic E-state index is 11.8. The molecule has 0 spiro atoms. The van der Waals surface area contributed by atoms with Gasteiger partial charge in [-0.3, -0.25) is 4.79 Å². The fourth-order valence-corrected chi connectivity index (χ4v) is 2.51. The number of ether oxygens (including phenoxy) is 3. The zero-order valence-electron chi connectivity index (χ0n) is 11.1. The van der Waals surface area contributed by atoms with Gasteiger partial charge in [-0.15, -0.1) is 0 Å². The van der Waals surface area contributed by atoms with Crippen LogP contribution in [0.25, 0.3) is 0 Å². The Bertz CT molecular complexity index is 463. The van der Waals surface area contributed by atoms with Gasteiger partial charge >= 0.3 is 5.97 Å². The van der Waals surface area contributed by atoms with Crippen molar-refractivity contribution in [3.05, 3.63) is 23.8 Å². The van der Waals surface area contributed by atoms with E-state index >= 15 is 0 Å². The Kier molecular flexibility index (Phi) is 3.95. The number of carboxylic acid groups (broad SMARTS) is 1. The summed E-state index contributed by atoms with van der Waals surface area (Å²) in [6, 6.07) is 5.25. The van der Waals surface area contributed by atoms with E-state index in [9.17, 15) is 9.90 Å². The second-order valence-electron chi connectivity index (χ2n) is 4.57. The summed E-state index contributed by atoms with van der Waals surface area (Å²) in [7, 11) is 3.10. The van der Waals surface area contributed by atoms with E-state index in [0.29, 0.717) is 43.1 Å². The molecule has 0 aliphatic carbocycles. The molecule has 1 aliphatic rings. The van der Waals surface area contributed by atoms with E-state index in [1.807, 2.05) is 0 Å². The highest BCUT2D eigenvalue weighted by Crippen LogP contribution is 2.41. The van der Waals surface area contributed by atoms with E-state index in [-0.39, 0.29) is 0 Å². The molecule has 5 heteroatoms. The fraction of sp³-hybridized carbons (Fsp3) is 0.500. The van der Waals surface area contributed by atoms with Crippen LogP contribution in [0.4, 0.5) is 0 Å². The Labute approximate surface area is 112 Å². The van der Waals surface area contributed by atoms with E-state index in [1.54, 1.807) is 25.3 Å². The lowest BCUT2D eigenvalue weighted by atomic mass is 9.74. The zero-order chi connectivity index (χ0) is 13.9. The summed E-state index contributed by atoms with van der Waals surface area (Å²) < 4.78 is 15.8. The van der Waals surface area contributed by atoms with Crippen molar-refractivity contribution in [2.75, 3.05) is 27.4 Å². The quantitative estimate of drug-likeness (QED) is 0.900. The maximum absolute atomic E-state index is 11.8. The number of hydrogen-bond acceptors (Lipinski definition) is 4. The summed E-state index contributed by atoms with van der Waals surface area (Å²) in [5, 5.41) is 9.65. The average Bonchev–Trinajstić information content (AvgIpc) is 2.47. The third-order valence-corrected chi connectivity index (χ3v) is 3.68. The number of carboxylic acids is 1. The number of rotatable bonds is 4. The summed E-state index contributed by atoms with van der Waals surface area (Å²) in [5.74, 6) is 0.358. The third kappa shape index (κ3) is 2.38. The molecule has 1 aromatic carbocycles. The molecular weight excluding hydrogens is 248 g/mol. The van der Waals surface area contributed by atoms with Crippen LogP contribution in [-0.2, 0) is 14.9 Å². The summed E-state index contributed by atoms with van der Waals surface area (Å²) in [4.78, 5) is 11.8. The maximum Gasteiger partial charge on any atom is 0.314 e. The normalized spacial score (nSPS) is 17.8. The highest BCUT2D eigenvalue weighted by atomic mass is 16.5. The van der Waals surface area contributed by atoms with E-state index < -0.39 is 11.4 Å². The van der Waals surface area contributed by atoms with Crippen LogP contribution in [0.1, 0.15) is 18.4 Å². The average molecular weight is 266 g/mol. The van der Waals surface area contributed by atoms with Gasteiger partial charge in [-0.2, -0.15) is 0 Å². The van der Waals surface area contributed by atoms with Crippen molar-refractivity contribution in [3.8, 4) is 11.5 Å². The Morgan fingerprint density at radius 3 is 2.47 bits per heavy atom. The Hall–Kier alpha value is -1.75. The van der Waals surface area contributed by atoms with Crippen LogP contribution in [0, 0.1) is 0 Å². The fourth-order valence-electron chi connectivity index (χ4n) is 2.51. The van der Waals surface area contributed by atoms with Crippen LogP contribution in [0.2, 0.25) is 0 Å². The van der Waals surface area contributed by atoms with Gasteiger partial charge in [0.2, 0.25) is 0 Å². The van der Waals surface area contributed by atoms with Gasteiger partial charge in [0, 0.05) is 24.8 Å². The van der Waals surface area contributed by atoms with Crippen molar-refractivity contribution in [1.82, 2.24) is 0 Å². The lowest BCUT2D eigenvalue weighted by Gasteiger charge is -2.34. The number of aliphatic carboxylic acids is 1. The first kappa shape index (κ1) is 13.7. The number of hydrogen-bond donors (Lipinski definition) is 1. The van der Waals surface area contributed by atoms with Crippen molar-refractivity contribution in [1.29, 1.82) is 0 Å². The molecule has 0 radical (unpaired) electrons. The van der Waals surface area contributed by atoms with Crippen molar-refractivity contribution >= 4 is 5.97 Å². The molecule has 104 valence electrons. The summed E-state index contributed by atoms with van der Waals surface area (Å²) in [6.45, 7) is 0.892. The van der Waals surface area contributed by atoms with Gasteiger partial charge < -0.3 is 19.3 Å². The van der Waals surface area contributed by atoms with E-state index in [2.05, 4.69) is 0 Å².